The molecule has 28 heavy (non-hydrogen) atoms. The average Bonchev–Trinajstić information content (AvgIpc) is 2.74. The Morgan fingerprint density at radius 3 is 2.25 bits per heavy atom. The molecule has 0 radical (unpaired) electrons. The highest BCUT2D eigenvalue weighted by molar-refractivity contribution is 5.69. The number of hydrogen-bond donors (Lipinski definition) is 0. The first-order valence-electron chi connectivity index (χ1n) is 10.3. The number of likely N-dealkylation sites (tertiary alicyclic amines) is 1. The number of carbonyl (C=O) groups excluding carboxylic acids is 2. The predicted octanol–water partition coefficient (Wildman–Crippen LogP) is 3.93. The SMILES string of the molecule is COC(=O)C[C@H]1CC[C@H](OC2CCN(C(=O)OCc3ccccc3)CC2)CC1. The first kappa shape index (κ1) is 20.6. The highest BCUT2D eigenvalue weighted by Crippen LogP contribution is 2.30. The summed E-state index contributed by atoms with van der Waals surface area (Å²) in [6.45, 7) is 1.66. The second-order valence-corrected chi connectivity index (χ2v) is 7.79. The molecular formula is C22H31NO5. The van der Waals surface area contributed by atoms with Crippen LogP contribution in [0.1, 0.15) is 50.5 Å². The van der Waals surface area contributed by atoms with Crippen LogP contribution in [0.2, 0.25) is 0 Å². The number of rotatable bonds is 6. The second kappa shape index (κ2) is 10.5. The van der Waals surface area contributed by atoms with Gasteiger partial charge < -0.3 is 19.1 Å². The van der Waals surface area contributed by atoms with E-state index in [1.54, 1.807) is 4.90 Å². The Balaban J connectivity index is 1.32. The number of hydrogen-bond acceptors (Lipinski definition) is 5. The van der Waals surface area contributed by atoms with Crippen LogP contribution in [0.3, 0.4) is 0 Å². The Hall–Kier alpha value is -2.08. The largest absolute Gasteiger partial charge is 0.469 e. The number of carbonyl (C=O) groups is 2. The van der Waals surface area contributed by atoms with E-state index in [1.165, 1.54) is 7.11 Å². The van der Waals surface area contributed by atoms with Crippen LogP contribution in [0.15, 0.2) is 30.3 Å². The molecule has 0 atom stereocenters. The Morgan fingerprint density at radius 2 is 1.61 bits per heavy atom. The molecule has 6 heteroatoms. The van der Waals surface area contributed by atoms with Crippen LogP contribution in [0.5, 0.6) is 0 Å². The lowest BCUT2D eigenvalue weighted by Crippen LogP contribution is -2.42. The molecule has 0 unspecified atom stereocenters. The van der Waals surface area contributed by atoms with Crippen LogP contribution >= 0.6 is 0 Å². The number of ether oxygens (including phenoxy) is 3. The Kier molecular flexibility index (Phi) is 7.71. The van der Waals surface area contributed by atoms with Crippen molar-refractivity contribution in [2.45, 2.75) is 63.8 Å². The molecule has 1 aliphatic heterocycles. The average molecular weight is 389 g/mol. The third-order valence-electron chi connectivity index (χ3n) is 5.77. The van der Waals surface area contributed by atoms with Crippen LogP contribution in [0.4, 0.5) is 4.79 Å². The van der Waals surface area contributed by atoms with Crippen LogP contribution in [-0.2, 0) is 25.6 Å². The van der Waals surface area contributed by atoms with Crippen molar-refractivity contribution >= 4 is 12.1 Å². The van der Waals surface area contributed by atoms with E-state index in [1.807, 2.05) is 30.3 Å². The monoisotopic (exact) mass is 389 g/mol. The third-order valence-corrected chi connectivity index (χ3v) is 5.77. The van der Waals surface area contributed by atoms with Crippen LogP contribution in [0, 0.1) is 5.92 Å². The van der Waals surface area contributed by atoms with Crippen molar-refractivity contribution in [3.63, 3.8) is 0 Å². The molecule has 1 amide bonds. The van der Waals surface area contributed by atoms with Crippen molar-refractivity contribution in [3.8, 4) is 0 Å². The standard InChI is InChI=1S/C22H31NO5/c1-26-21(24)15-17-7-9-19(10-8-17)28-20-11-13-23(14-12-20)22(25)27-16-18-5-3-2-4-6-18/h2-6,17,19-20H,7-16H2,1H3/t17-,19-. The summed E-state index contributed by atoms with van der Waals surface area (Å²) in [6, 6.07) is 9.73. The van der Waals surface area contributed by atoms with Crippen molar-refractivity contribution in [3.05, 3.63) is 35.9 Å². The molecule has 0 bridgehead atoms. The molecule has 3 rings (SSSR count). The van der Waals surface area contributed by atoms with E-state index in [0.29, 0.717) is 32.0 Å². The molecule has 1 aromatic carbocycles. The van der Waals surface area contributed by atoms with E-state index in [9.17, 15) is 9.59 Å². The Bertz CT molecular complexity index is 619. The Morgan fingerprint density at radius 1 is 0.964 bits per heavy atom. The van der Waals surface area contributed by atoms with E-state index in [4.69, 9.17) is 14.2 Å². The molecule has 1 saturated carbocycles. The number of amides is 1. The molecule has 2 aliphatic rings. The van der Waals surface area contributed by atoms with E-state index in [2.05, 4.69) is 0 Å². The highest BCUT2D eigenvalue weighted by atomic mass is 16.6. The summed E-state index contributed by atoms with van der Waals surface area (Å²) >= 11 is 0. The lowest BCUT2D eigenvalue weighted by atomic mass is 9.85. The lowest BCUT2D eigenvalue weighted by molar-refractivity contribution is -0.142. The maximum Gasteiger partial charge on any atom is 0.410 e. The number of esters is 1. The van der Waals surface area contributed by atoms with Gasteiger partial charge in [0.25, 0.3) is 0 Å². The summed E-state index contributed by atoms with van der Waals surface area (Å²) in [5, 5.41) is 0. The molecule has 0 spiro atoms. The van der Waals surface area contributed by atoms with Crippen LogP contribution in [0.25, 0.3) is 0 Å². The van der Waals surface area contributed by atoms with E-state index < -0.39 is 0 Å². The van der Waals surface area contributed by atoms with Gasteiger partial charge in [0.05, 0.1) is 19.3 Å². The molecule has 1 heterocycles. The fourth-order valence-electron chi connectivity index (χ4n) is 4.05. The fourth-order valence-corrected chi connectivity index (χ4v) is 4.05. The highest BCUT2D eigenvalue weighted by Gasteiger charge is 2.29. The zero-order valence-corrected chi connectivity index (χ0v) is 16.7. The van der Waals surface area contributed by atoms with E-state index in [0.717, 1.165) is 44.1 Å². The van der Waals surface area contributed by atoms with Gasteiger partial charge in [-0.2, -0.15) is 0 Å². The van der Waals surface area contributed by atoms with Crippen molar-refractivity contribution in [2.75, 3.05) is 20.2 Å². The molecule has 0 N–H and O–H groups in total. The van der Waals surface area contributed by atoms with Crippen molar-refractivity contribution in [1.82, 2.24) is 4.90 Å². The lowest BCUT2D eigenvalue weighted by Gasteiger charge is -2.35. The van der Waals surface area contributed by atoms with Crippen molar-refractivity contribution in [2.24, 2.45) is 5.92 Å². The topological polar surface area (TPSA) is 65.1 Å². The summed E-state index contributed by atoms with van der Waals surface area (Å²) < 4.78 is 16.4. The first-order chi connectivity index (χ1) is 13.6. The summed E-state index contributed by atoms with van der Waals surface area (Å²) in [6.07, 6.45) is 6.50. The van der Waals surface area contributed by atoms with E-state index >= 15 is 0 Å². The molecule has 154 valence electrons. The van der Waals surface area contributed by atoms with Gasteiger partial charge in [0.15, 0.2) is 0 Å². The van der Waals surface area contributed by atoms with Gasteiger partial charge in [0.1, 0.15) is 6.61 Å². The van der Waals surface area contributed by atoms with Gasteiger partial charge in [0, 0.05) is 19.5 Å². The molecule has 0 aromatic heterocycles. The molecule has 1 saturated heterocycles. The quantitative estimate of drug-likeness (QED) is 0.690. The molecular weight excluding hydrogens is 358 g/mol. The Labute approximate surface area is 167 Å². The minimum absolute atomic E-state index is 0.115. The molecule has 1 aliphatic carbocycles. The van der Waals surface area contributed by atoms with Crippen LogP contribution in [-0.4, -0.2) is 49.4 Å². The fraction of sp³-hybridized carbons (Fsp3) is 0.636. The number of piperidine rings is 1. The maximum absolute atomic E-state index is 12.2. The zero-order chi connectivity index (χ0) is 19.8. The van der Waals surface area contributed by atoms with Crippen molar-refractivity contribution in [1.29, 1.82) is 0 Å². The number of nitrogens with zero attached hydrogens (tertiary/aromatic N) is 1. The van der Waals surface area contributed by atoms with Gasteiger partial charge in [-0.1, -0.05) is 30.3 Å². The summed E-state index contributed by atoms with van der Waals surface area (Å²) in [5.41, 5.74) is 0.997. The van der Waals surface area contributed by atoms with Gasteiger partial charge >= 0.3 is 12.1 Å². The van der Waals surface area contributed by atoms with Gasteiger partial charge in [-0.25, -0.2) is 4.79 Å². The molecule has 2 fully saturated rings. The minimum Gasteiger partial charge on any atom is -0.469 e. The maximum atomic E-state index is 12.2. The number of methoxy groups -OCH3 is 1. The first-order valence-corrected chi connectivity index (χ1v) is 10.3. The van der Waals surface area contributed by atoms with Crippen molar-refractivity contribution < 1.29 is 23.8 Å². The summed E-state index contributed by atoms with van der Waals surface area (Å²) in [4.78, 5) is 25.4. The van der Waals surface area contributed by atoms with Gasteiger partial charge in [-0.15, -0.1) is 0 Å². The number of benzene rings is 1. The minimum atomic E-state index is -0.245. The summed E-state index contributed by atoms with van der Waals surface area (Å²) in [7, 11) is 1.45. The predicted molar refractivity (Wildman–Crippen MR) is 105 cm³/mol. The third kappa shape index (κ3) is 6.23. The molecule has 1 aromatic rings. The molecule has 6 nitrogen and oxygen atoms in total. The zero-order valence-electron chi connectivity index (χ0n) is 16.7. The van der Waals surface area contributed by atoms with Crippen LogP contribution < -0.4 is 0 Å². The normalized spacial score (nSPS) is 23.2. The van der Waals surface area contributed by atoms with E-state index in [-0.39, 0.29) is 24.3 Å². The van der Waals surface area contributed by atoms with Gasteiger partial charge in [-0.3, -0.25) is 4.79 Å². The smallest absolute Gasteiger partial charge is 0.410 e. The summed E-state index contributed by atoms with van der Waals surface area (Å²) in [5.74, 6) is 0.310. The second-order valence-electron chi connectivity index (χ2n) is 7.79. The van der Waals surface area contributed by atoms with Gasteiger partial charge in [0.2, 0.25) is 0 Å². The van der Waals surface area contributed by atoms with Gasteiger partial charge in [-0.05, 0) is 50.0 Å².